The summed E-state index contributed by atoms with van der Waals surface area (Å²) in [5.41, 5.74) is 4.30. The van der Waals surface area contributed by atoms with Crippen LogP contribution in [0.5, 0.6) is 0 Å². The number of fused-ring (bicyclic) bond motifs is 12. The molecule has 0 radical (unpaired) electrons. The molecule has 0 spiro atoms. The number of benzene rings is 13. The molecule has 0 N–H and O–H groups in total. The van der Waals surface area contributed by atoms with Crippen molar-refractivity contribution < 1.29 is 0 Å². The first-order valence-electron chi connectivity index (χ1n) is 23.1. The number of rotatable bonds is 0. The van der Waals surface area contributed by atoms with Crippen molar-refractivity contribution in [3.63, 3.8) is 0 Å². The molecule has 0 unspecified atom stereocenters. The maximum Gasteiger partial charge on any atom is 0.0238 e. The van der Waals surface area contributed by atoms with Crippen molar-refractivity contribution in [1.29, 1.82) is 0 Å². The Balaban J connectivity index is 1.06. The molecule has 0 nitrogen and oxygen atoms in total. The highest BCUT2D eigenvalue weighted by atomic mass is 32.2. The van der Waals surface area contributed by atoms with Crippen LogP contribution in [0.2, 0.25) is 0 Å². The minimum absolute atomic E-state index is 0.902. The lowest BCUT2D eigenvalue weighted by atomic mass is 9.98. The van der Waals surface area contributed by atoms with E-state index in [2.05, 4.69) is 200 Å². The molecule has 314 valence electrons. The van der Waals surface area contributed by atoms with Gasteiger partial charge in [-0.15, -0.1) is 35.3 Å². The monoisotopic (exact) mass is 922 g/mol. The highest BCUT2D eigenvalue weighted by molar-refractivity contribution is 8.00. The van der Waals surface area contributed by atoms with Crippen molar-refractivity contribution in [3.8, 4) is 0 Å². The third-order valence-electron chi connectivity index (χ3n) is 14.3. The van der Waals surface area contributed by atoms with Gasteiger partial charge in [-0.05, 0) is 265 Å². The van der Waals surface area contributed by atoms with Gasteiger partial charge in [0.15, 0.2) is 0 Å². The van der Waals surface area contributed by atoms with E-state index in [1.807, 2.05) is 35.3 Å². The summed E-state index contributed by atoms with van der Waals surface area (Å²) in [6.45, 7) is 0. The Morgan fingerprint density at radius 2 is 0.433 bits per heavy atom. The smallest absolute Gasteiger partial charge is 0.0238 e. The molecular formula is C63H39PS3. The number of hydrogen-bond acceptors (Lipinski definition) is 3. The Hall–Kier alpha value is -6.32. The van der Waals surface area contributed by atoms with Gasteiger partial charge < -0.3 is 0 Å². The van der Waals surface area contributed by atoms with E-state index in [1.165, 1.54) is 144 Å². The van der Waals surface area contributed by atoms with Gasteiger partial charge in [-0.25, -0.2) is 0 Å². The first-order chi connectivity index (χ1) is 33.0. The molecule has 4 bridgehead atoms. The van der Waals surface area contributed by atoms with Crippen LogP contribution in [0.25, 0.3) is 97.0 Å². The standard InChI is InChI=1S/C63H39PS3/c1-4-10-40-16-46-22-52-28-61-55(25-49(52)19-43(46)13-37(40)7-1)34-65-58-31-59-33-60(32-58)67-36-57-27-51-21-45-15-39-9-3-6-12-42(39)18-48(45)24-54(51)30-63(57)64(61)62-29-53-23-47-17-41-11-5-2-8-38(41)14-44(47)20-50(53)26-56(62)35-66-59/h1-33H,34-36H2. The topological polar surface area (TPSA) is 0 Å². The Morgan fingerprint density at radius 3 is 0.687 bits per heavy atom. The van der Waals surface area contributed by atoms with Crippen molar-refractivity contribution in [3.05, 3.63) is 217 Å². The zero-order chi connectivity index (χ0) is 43.7. The van der Waals surface area contributed by atoms with Crippen LogP contribution in [0.3, 0.4) is 0 Å². The lowest BCUT2D eigenvalue weighted by Crippen LogP contribution is -2.28. The molecule has 0 amide bonds. The highest BCUT2D eigenvalue weighted by Gasteiger charge is 2.28. The van der Waals surface area contributed by atoms with E-state index >= 15 is 0 Å². The van der Waals surface area contributed by atoms with Crippen LogP contribution in [-0.2, 0) is 17.3 Å². The number of thioether (sulfide) groups is 3. The molecular weight excluding hydrogens is 884 g/mol. The maximum absolute atomic E-state index is 2.62. The fourth-order valence-corrected chi connectivity index (χ4v) is 17.3. The Bertz CT molecular complexity index is 3850. The van der Waals surface area contributed by atoms with Crippen molar-refractivity contribution >= 4 is 156 Å². The van der Waals surface area contributed by atoms with Crippen LogP contribution >= 0.6 is 43.2 Å². The summed E-state index contributed by atoms with van der Waals surface area (Å²) in [5.74, 6) is 2.71. The number of hydrogen-bond donors (Lipinski definition) is 0. The second-order valence-corrected chi connectivity index (χ2v) is 23.8. The van der Waals surface area contributed by atoms with Crippen LogP contribution in [0.1, 0.15) is 16.7 Å². The molecule has 67 heavy (non-hydrogen) atoms. The van der Waals surface area contributed by atoms with Crippen LogP contribution in [0.4, 0.5) is 0 Å². The summed E-state index contributed by atoms with van der Waals surface area (Å²) >= 11 is 6.01. The minimum atomic E-state index is -1.05. The molecule has 3 aliphatic rings. The zero-order valence-electron chi connectivity index (χ0n) is 36.3. The summed E-state index contributed by atoms with van der Waals surface area (Å²) in [5, 5.41) is 27.8. The van der Waals surface area contributed by atoms with Gasteiger partial charge in [-0.3, -0.25) is 0 Å². The molecule has 0 aromatic heterocycles. The van der Waals surface area contributed by atoms with Gasteiger partial charge in [0.05, 0.1) is 0 Å². The first kappa shape index (κ1) is 38.8. The van der Waals surface area contributed by atoms with E-state index in [9.17, 15) is 0 Å². The van der Waals surface area contributed by atoms with Gasteiger partial charge in [0, 0.05) is 31.9 Å². The quantitative estimate of drug-likeness (QED) is 0.110. The molecule has 3 aliphatic heterocycles. The lowest BCUT2D eigenvalue weighted by molar-refractivity contribution is 1.22. The van der Waals surface area contributed by atoms with Crippen LogP contribution in [-0.4, -0.2) is 0 Å². The maximum atomic E-state index is 2.62. The summed E-state index contributed by atoms with van der Waals surface area (Å²) in [6, 6.07) is 78.3. The third-order valence-corrected chi connectivity index (χ3v) is 20.1. The molecule has 13 aromatic rings. The average Bonchev–Trinajstić information content (AvgIpc) is 3.34. The molecule has 0 saturated heterocycles. The SMILES string of the molecule is c1ccc2cc3cc4cc5c(cc4cc3cc2c1)CSc1cc2cc(c1)SCc1cc3cc4cc6ccccc6cc4cc3cc1P5c1cc3cc4cc5ccccc5cc4cc3cc1CS2. The molecule has 13 aromatic carbocycles. The molecule has 0 aliphatic carbocycles. The largest absolute Gasteiger partial charge is 0.121 e. The minimum Gasteiger partial charge on any atom is -0.121 e. The van der Waals surface area contributed by atoms with Crippen molar-refractivity contribution in [1.82, 2.24) is 0 Å². The second kappa shape index (κ2) is 15.1. The van der Waals surface area contributed by atoms with E-state index in [4.69, 9.17) is 0 Å². The molecule has 0 atom stereocenters. The summed E-state index contributed by atoms with van der Waals surface area (Å²) in [4.78, 5) is 4.05. The molecule has 3 heterocycles. The summed E-state index contributed by atoms with van der Waals surface area (Å²) in [6.07, 6.45) is 0. The average molecular weight is 923 g/mol. The lowest BCUT2D eigenvalue weighted by Gasteiger charge is -2.29. The summed E-state index contributed by atoms with van der Waals surface area (Å²) < 4.78 is 0. The summed E-state index contributed by atoms with van der Waals surface area (Å²) in [7, 11) is -1.05. The van der Waals surface area contributed by atoms with E-state index in [1.54, 1.807) is 0 Å². The normalized spacial score (nSPS) is 14.1. The Morgan fingerprint density at radius 1 is 0.224 bits per heavy atom. The fraction of sp³-hybridized carbons (Fsp3) is 0.0476. The van der Waals surface area contributed by atoms with Crippen molar-refractivity contribution in [2.75, 3.05) is 0 Å². The highest BCUT2D eigenvalue weighted by Crippen LogP contribution is 2.47. The van der Waals surface area contributed by atoms with Gasteiger partial charge in [-0.2, -0.15) is 0 Å². The van der Waals surface area contributed by atoms with E-state index in [-0.39, 0.29) is 0 Å². The predicted octanol–water partition coefficient (Wildman–Crippen LogP) is 17.3. The predicted molar refractivity (Wildman–Crippen MR) is 298 cm³/mol. The molecule has 4 heteroatoms. The van der Waals surface area contributed by atoms with E-state index < -0.39 is 7.92 Å². The van der Waals surface area contributed by atoms with Gasteiger partial charge in [0.25, 0.3) is 0 Å². The van der Waals surface area contributed by atoms with Gasteiger partial charge in [-0.1, -0.05) is 72.8 Å². The Kier molecular flexibility index (Phi) is 8.73. The van der Waals surface area contributed by atoms with Crippen molar-refractivity contribution in [2.24, 2.45) is 0 Å². The first-order valence-corrected chi connectivity index (χ1v) is 27.4. The molecule has 16 rings (SSSR count). The fourth-order valence-electron chi connectivity index (χ4n) is 11.0. The zero-order valence-corrected chi connectivity index (χ0v) is 39.7. The third kappa shape index (κ3) is 6.58. The van der Waals surface area contributed by atoms with Crippen LogP contribution < -0.4 is 15.9 Å². The van der Waals surface area contributed by atoms with Gasteiger partial charge in [0.1, 0.15) is 0 Å². The van der Waals surface area contributed by atoms with Crippen LogP contribution in [0, 0.1) is 0 Å². The van der Waals surface area contributed by atoms with Crippen LogP contribution in [0.15, 0.2) is 215 Å². The van der Waals surface area contributed by atoms with E-state index in [0.29, 0.717) is 0 Å². The molecule has 0 fully saturated rings. The van der Waals surface area contributed by atoms with Gasteiger partial charge >= 0.3 is 0 Å². The van der Waals surface area contributed by atoms with Gasteiger partial charge in [0.2, 0.25) is 0 Å². The van der Waals surface area contributed by atoms with E-state index in [0.717, 1.165) is 17.3 Å². The van der Waals surface area contributed by atoms with Crippen molar-refractivity contribution in [2.45, 2.75) is 31.9 Å². The Labute approximate surface area is 402 Å². The molecule has 0 saturated carbocycles. The second-order valence-electron chi connectivity index (χ2n) is 18.5.